The summed E-state index contributed by atoms with van der Waals surface area (Å²) in [6.07, 6.45) is 16.3. The lowest BCUT2D eigenvalue weighted by Gasteiger charge is -2.16. The van der Waals surface area contributed by atoms with Gasteiger partial charge in [-0.3, -0.25) is 9.97 Å². The Balaban J connectivity index is 1.55. The Hall–Kier alpha value is -3.43. The fourth-order valence-electron chi connectivity index (χ4n) is 5.14. The molecule has 2 aromatic heterocycles. The number of pyridine rings is 2. The van der Waals surface area contributed by atoms with Gasteiger partial charge in [0.1, 0.15) is 0 Å². The van der Waals surface area contributed by atoms with Gasteiger partial charge in [-0.25, -0.2) is 0 Å². The van der Waals surface area contributed by atoms with Crippen LogP contribution in [0.15, 0.2) is 120 Å². The summed E-state index contributed by atoms with van der Waals surface area (Å²) in [7, 11) is -2.10. The molecular weight excluding hydrogens is 653 g/mol. The summed E-state index contributed by atoms with van der Waals surface area (Å²) in [5.74, 6) is 2.37. The van der Waals surface area contributed by atoms with Crippen molar-refractivity contribution >= 4 is 64.0 Å². The average molecular weight is 701 g/mol. The Morgan fingerprint density at radius 2 is 0.833 bits per heavy atom. The molecule has 0 saturated carbocycles. The van der Waals surface area contributed by atoms with E-state index >= 15 is 0 Å². The van der Waals surface area contributed by atoms with Gasteiger partial charge in [-0.2, -0.15) is 0 Å². The van der Waals surface area contributed by atoms with Gasteiger partial charge in [-0.15, -0.1) is 23.5 Å². The molecule has 2 heterocycles. The number of hydrogen-bond acceptors (Lipinski definition) is 4. The van der Waals surface area contributed by atoms with E-state index in [9.17, 15) is 0 Å². The van der Waals surface area contributed by atoms with Gasteiger partial charge in [0.25, 0.3) is 0 Å². The minimum Gasteiger partial charge on any atom is -0.265 e. The molecule has 0 aliphatic carbocycles. The highest BCUT2D eigenvalue weighted by Gasteiger charge is 2.15. The number of rotatable bonds is 14. The van der Waals surface area contributed by atoms with E-state index in [4.69, 9.17) is 0 Å². The Morgan fingerprint density at radius 3 is 1.17 bits per heavy atom. The SMILES string of the molecule is C[Si](C)(C)CCSc1ccc(-c2cc(/C=C/c3ccncc3)c(-c3ccc(SCC[Si](C)(C)C)cc3)cc2/C=C/c2ccncc2)cc1. The van der Waals surface area contributed by atoms with Gasteiger partial charge in [0.05, 0.1) is 0 Å². The lowest BCUT2D eigenvalue weighted by molar-refractivity contribution is 1.32. The summed E-state index contributed by atoms with van der Waals surface area (Å²) in [4.78, 5) is 11.1. The fourth-order valence-corrected chi connectivity index (χ4v) is 12.0. The average Bonchev–Trinajstić information content (AvgIpc) is 3.07. The second kappa shape index (κ2) is 16.8. The van der Waals surface area contributed by atoms with Gasteiger partial charge < -0.3 is 0 Å². The van der Waals surface area contributed by atoms with Gasteiger partial charge in [-0.05, 0) is 129 Å². The standard InChI is InChI=1S/C42H48N2S2Si2/c1-47(2,3)29-27-45-39-15-11-35(12-16-39)41-31-38(10-8-34-21-25-44-26-22-34)42(32-37(41)9-7-33-19-23-43-24-20-33)36-13-17-40(18-14-36)46-28-30-48(4,5)6/h7-26,31-32H,27-30H2,1-6H3/b9-7+,10-8+. The maximum absolute atomic E-state index is 4.21. The first-order valence-electron chi connectivity index (χ1n) is 16.8. The highest BCUT2D eigenvalue weighted by atomic mass is 32.2. The third-order valence-corrected chi connectivity index (χ3v) is 14.4. The lowest BCUT2D eigenvalue weighted by atomic mass is 9.90. The highest BCUT2D eigenvalue weighted by molar-refractivity contribution is 7.99. The van der Waals surface area contributed by atoms with E-state index < -0.39 is 16.1 Å². The van der Waals surface area contributed by atoms with Gasteiger partial charge in [0.2, 0.25) is 0 Å². The van der Waals surface area contributed by atoms with Crippen molar-refractivity contribution in [2.45, 2.75) is 61.2 Å². The Morgan fingerprint density at radius 1 is 0.479 bits per heavy atom. The van der Waals surface area contributed by atoms with Crippen molar-refractivity contribution in [1.29, 1.82) is 0 Å². The van der Waals surface area contributed by atoms with Gasteiger partial charge in [-0.1, -0.05) is 87.9 Å². The maximum atomic E-state index is 4.21. The molecule has 0 aliphatic heterocycles. The molecule has 0 amide bonds. The van der Waals surface area contributed by atoms with Crippen LogP contribution in [0.4, 0.5) is 0 Å². The highest BCUT2D eigenvalue weighted by Crippen LogP contribution is 2.37. The molecule has 0 bridgehead atoms. The molecule has 5 rings (SSSR count). The zero-order valence-corrected chi connectivity index (χ0v) is 32.9. The van der Waals surface area contributed by atoms with E-state index in [1.54, 1.807) is 0 Å². The normalized spacial score (nSPS) is 12.3. The largest absolute Gasteiger partial charge is 0.265 e. The molecule has 0 fully saturated rings. The molecule has 5 aromatic rings. The third-order valence-electron chi connectivity index (χ3n) is 8.12. The van der Waals surface area contributed by atoms with Crippen LogP contribution in [0.5, 0.6) is 0 Å². The van der Waals surface area contributed by atoms with Crippen LogP contribution in [-0.4, -0.2) is 37.6 Å². The van der Waals surface area contributed by atoms with Crippen molar-refractivity contribution in [2.24, 2.45) is 0 Å². The summed E-state index contributed by atoms with van der Waals surface area (Å²) >= 11 is 3.95. The fraction of sp³-hybridized carbons (Fsp3) is 0.238. The van der Waals surface area contributed by atoms with Crippen molar-refractivity contribution in [2.75, 3.05) is 11.5 Å². The zero-order chi connectivity index (χ0) is 34.0. The van der Waals surface area contributed by atoms with Crippen molar-refractivity contribution in [1.82, 2.24) is 9.97 Å². The predicted octanol–water partition coefficient (Wildman–Crippen LogP) is 13.0. The number of hydrogen-bond donors (Lipinski definition) is 0. The quantitative estimate of drug-likeness (QED) is 0.0851. The van der Waals surface area contributed by atoms with Crippen LogP contribution < -0.4 is 0 Å². The molecule has 0 unspecified atom stereocenters. The summed E-state index contributed by atoms with van der Waals surface area (Å²) in [6, 6.07) is 33.9. The summed E-state index contributed by atoms with van der Waals surface area (Å²) in [6.45, 7) is 14.7. The first kappa shape index (κ1) is 35.9. The van der Waals surface area contributed by atoms with Crippen LogP contribution in [0.25, 0.3) is 46.6 Å². The van der Waals surface area contributed by atoms with E-state index in [2.05, 4.69) is 134 Å². The minimum atomic E-state index is -1.05. The minimum absolute atomic E-state index is 1.05. The van der Waals surface area contributed by atoms with Crippen molar-refractivity contribution in [3.63, 3.8) is 0 Å². The van der Waals surface area contributed by atoms with E-state index in [0.29, 0.717) is 0 Å². The number of aromatic nitrogens is 2. The van der Waals surface area contributed by atoms with Crippen molar-refractivity contribution in [3.8, 4) is 22.3 Å². The molecule has 3 aromatic carbocycles. The van der Waals surface area contributed by atoms with Crippen molar-refractivity contribution in [3.05, 3.63) is 132 Å². The molecule has 0 spiro atoms. The molecule has 6 heteroatoms. The van der Waals surface area contributed by atoms with Crippen LogP contribution >= 0.6 is 23.5 Å². The van der Waals surface area contributed by atoms with Crippen LogP contribution in [-0.2, 0) is 0 Å². The Labute approximate surface area is 299 Å². The van der Waals surface area contributed by atoms with Gasteiger partial charge >= 0.3 is 0 Å². The first-order valence-corrected chi connectivity index (χ1v) is 26.2. The topological polar surface area (TPSA) is 25.8 Å². The molecular formula is C42H48N2S2Si2. The number of nitrogens with zero attached hydrogens (tertiary/aromatic N) is 2. The maximum Gasteiger partial charge on any atom is 0.0450 e. The molecule has 0 atom stereocenters. The van der Waals surface area contributed by atoms with Gasteiger partial charge in [0, 0.05) is 50.7 Å². The second-order valence-electron chi connectivity index (χ2n) is 14.6. The van der Waals surface area contributed by atoms with Crippen LogP contribution in [0, 0.1) is 0 Å². The Bertz CT molecular complexity index is 1670. The van der Waals surface area contributed by atoms with Crippen molar-refractivity contribution < 1.29 is 0 Å². The Kier molecular flexibility index (Phi) is 12.6. The van der Waals surface area contributed by atoms with Crippen LogP contribution in [0.2, 0.25) is 51.4 Å². The second-order valence-corrected chi connectivity index (χ2v) is 28.2. The van der Waals surface area contributed by atoms with Gasteiger partial charge in [0.15, 0.2) is 0 Å². The molecule has 0 N–H and O–H groups in total. The first-order chi connectivity index (χ1) is 23.0. The van der Waals surface area contributed by atoms with E-state index in [1.807, 2.05) is 72.6 Å². The summed E-state index contributed by atoms with van der Waals surface area (Å²) in [5, 5.41) is 0. The number of benzene rings is 3. The molecule has 0 aliphatic rings. The van der Waals surface area contributed by atoms with E-state index in [-0.39, 0.29) is 0 Å². The molecule has 0 radical (unpaired) electrons. The predicted molar refractivity (Wildman–Crippen MR) is 221 cm³/mol. The molecule has 0 saturated heterocycles. The third kappa shape index (κ3) is 11.3. The molecule has 2 nitrogen and oxygen atoms in total. The molecule has 246 valence electrons. The monoisotopic (exact) mass is 700 g/mol. The van der Waals surface area contributed by atoms with Crippen LogP contribution in [0.3, 0.4) is 0 Å². The lowest BCUT2D eigenvalue weighted by Crippen LogP contribution is -2.19. The van der Waals surface area contributed by atoms with E-state index in [1.165, 1.54) is 66.8 Å². The van der Waals surface area contributed by atoms with Crippen LogP contribution in [0.1, 0.15) is 22.3 Å². The van der Waals surface area contributed by atoms with E-state index in [0.717, 1.165) is 11.1 Å². The summed E-state index contributed by atoms with van der Waals surface area (Å²) in [5.41, 5.74) is 9.52. The summed E-state index contributed by atoms with van der Waals surface area (Å²) < 4.78 is 0. The number of thioether (sulfide) groups is 2. The molecule has 48 heavy (non-hydrogen) atoms. The smallest absolute Gasteiger partial charge is 0.0450 e. The zero-order valence-electron chi connectivity index (χ0n) is 29.2.